The number of halogens is 3. The van der Waals surface area contributed by atoms with Crippen LogP contribution in [0.25, 0.3) is 0 Å². The summed E-state index contributed by atoms with van der Waals surface area (Å²) in [6, 6.07) is 8.34. The number of carbonyl (C=O) groups is 1. The van der Waals surface area contributed by atoms with Gasteiger partial charge in [-0.25, -0.2) is 17.5 Å². The summed E-state index contributed by atoms with van der Waals surface area (Å²) >= 11 is 12.1. The third kappa shape index (κ3) is 6.17. The standard InChI is InChI=1S/C19H21Cl2FN2O3S/c1-12(2)11-24-28(26,27)18-9-15(16(20)10-17(18)21)19(25)23-8-7-13-3-5-14(22)6-4-13/h3-6,9-10,12,24H,7-8,11H2,1-2H3,(H,23,25). The third-order valence-corrected chi connectivity index (χ3v) is 6.05. The molecule has 2 N–H and O–H groups in total. The minimum absolute atomic E-state index is 0.00935. The van der Waals surface area contributed by atoms with Crippen LogP contribution in [-0.4, -0.2) is 27.4 Å². The number of nitrogens with one attached hydrogen (secondary N) is 2. The Bertz CT molecular complexity index is 948. The van der Waals surface area contributed by atoms with Crippen molar-refractivity contribution in [1.82, 2.24) is 10.0 Å². The first-order valence-corrected chi connectivity index (χ1v) is 10.9. The largest absolute Gasteiger partial charge is 0.352 e. The number of hydrogen-bond donors (Lipinski definition) is 2. The molecule has 0 heterocycles. The second-order valence-electron chi connectivity index (χ2n) is 6.64. The van der Waals surface area contributed by atoms with Crippen LogP contribution < -0.4 is 10.0 Å². The highest BCUT2D eigenvalue weighted by Crippen LogP contribution is 2.28. The Hall–Kier alpha value is -1.67. The summed E-state index contributed by atoms with van der Waals surface area (Å²) in [4.78, 5) is 12.2. The van der Waals surface area contributed by atoms with Crippen LogP contribution in [0.5, 0.6) is 0 Å². The van der Waals surface area contributed by atoms with Crippen LogP contribution in [0, 0.1) is 11.7 Å². The van der Waals surface area contributed by atoms with E-state index in [1.807, 2.05) is 13.8 Å². The molecule has 2 rings (SSSR count). The van der Waals surface area contributed by atoms with Crippen LogP contribution in [-0.2, 0) is 16.4 Å². The lowest BCUT2D eigenvalue weighted by molar-refractivity contribution is 0.0954. The minimum atomic E-state index is -3.88. The van der Waals surface area contributed by atoms with E-state index in [4.69, 9.17) is 23.2 Å². The fourth-order valence-electron chi connectivity index (χ4n) is 2.33. The van der Waals surface area contributed by atoms with Gasteiger partial charge < -0.3 is 5.32 Å². The van der Waals surface area contributed by atoms with Gasteiger partial charge in [-0.2, -0.15) is 0 Å². The van der Waals surface area contributed by atoms with Gasteiger partial charge in [0.15, 0.2) is 0 Å². The summed E-state index contributed by atoms with van der Waals surface area (Å²) in [7, 11) is -3.88. The lowest BCUT2D eigenvalue weighted by atomic mass is 10.1. The predicted octanol–water partition coefficient (Wildman–Crippen LogP) is 4.04. The molecule has 0 fully saturated rings. The predicted molar refractivity (Wildman–Crippen MR) is 109 cm³/mol. The molecule has 0 saturated heterocycles. The Balaban J connectivity index is 2.13. The Morgan fingerprint density at radius 3 is 2.36 bits per heavy atom. The van der Waals surface area contributed by atoms with Crippen LogP contribution in [0.2, 0.25) is 10.0 Å². The van der Waals surface area contributed by atoms with Crippen molar-refractivity contribution >= 4 is 39.1 Å². The van der Waals surface area contributed by atoms with Crippen molar-refractivity contribution < 1.29 is 17.6 Å². The molecular weight excluding hydrogens is 426 g/mol. The van der Waals surface area contributed by atoms with Gasteiger partial charge in [0.25, 0.3) is 5.91 Å². The number of rotatable bonds is 8. The van der Waals surface area contributed by atoms with Gasteiger partial charge in [-0.1, -0.05) is 49.2 Å². The molecule has 152 valence electrons. The first-order chi connectivity index (χ1) is 13.1. The van der Waals surface area contributed by atoms with E-state index >= 15 is 0 Å². The van der Waals surface area contributed by atoms with Gasteiger partial charge in [-0.15, -0.1) is 0 Å². The summed E-state index contributed by atoms with van der Waals surface area (Å²) in [6.45, 7) is 4.25. The third-order valence-electron chi connectivity index (χ3n) is 3.85. The smallest absolute Gasteiger partial charge is 0.252 e. The van der Waals surface area contributed by atoms with Crippen LogP contribution in [0.4, 0.5) is 4.39 Å². The van der Waals surface area contributed by atoms with Gasteiger partial charge in [-0.3, -0.25) is 4.79 Å². The number of hydrogen-bond acceptors (Lipinski definition) is 3. The molecule has 0 aliphatic heterocycles. The monoisotopic (exact) mass is 446 g/mol. The average Bonchev–Trinajstić information content (AvgIpc) is 2.61. The molecular formula is C19H21Cl2FN2O3S. The van der Waals surface area contributed by atoms with Gasteiger partial charge in [-0.05, 0) is 42.2 Å². The minimum Gasteiger partial charge on any atom is -0.352 e. The van der Waals surface area contributed by atoms with Crippen molar-refractivity contribution in [3.8, 4) is 0 Å². The molecule has 9 heteroatoms. The van der Waals surface area contributed by atoms with Crippen molar-refractivity contribution in [3.63, 3.8) is 0 Å². The zero-order chi connectivity index (χ0) is 20.9. The molecule has 1 amide bonds. The normalized spacial score (nSPS) is 11.6. The molecule has 28 heavy (non-hydrogen) atoms. The van der Waals surface area contributed by atoms with Crippen LogP contribution in [0.3, 0.4) is 0 Å². The van der Waals surface area contributed by atoms with Gasteiger partial charge in [0.2, 0.25) is 10.0 Å². The molecule has 0 aliphatic rings. The summed E-state index contributed by atoms with van der Waals surface area (Å²) in [5, 5.41) is 2.66. The first kappa shape index (κ1) is 22.6. The van der Waals surface area contributed by atoms with Gasteiger partial charge in [0.05, 0.1) is 15.6 Å². The maximum atomic E-state index is 12.9. The molecule has 0 atom stereocenters. The Kier molecular flexibility index (Phi) is 7.83. The van der Waals surface area contributed by atoms with Crippen molar-refractivity contribution in [2.24, 2.45) is 5.92 Å². The SMILES string of the molecule is CC(C)CNS(=O)(=O)c1cc(C(=O)NCCc2ccc(F)cc2)c(Cl)cc1Cl. The zero-order valence-corrected chi connectivity index (χ0v) is 17.8. The molecule has 0 spiro atoms. The molecule has 0 aliphatic carbocycles. The van der Waals surface area contributed by atoms with E-state index in [2.05, 4.69) is 10.0 Å². The van der Waals surface area contributed by atoms with E-state index < -0.39 is 15.9 Å². The first-order valence-electron chi connectivity index (χ1n) is 8.61. The van der Waals surface area contributed by atoms with Crippen LogP contribution in [0.1, 0.15) is 29.8 Å². The molecule has 0 bridgehead atoms. The fourth-order valence-corrected chi connectivity index (χ4v) is 4.40. The highest BCUT2D eigenvalue weighted by Gasteiger charge is 2.22. The Labute approximate surface area is 174 Å². The van der Waals surface area contributed by atoms with Crippen molar-refractivity contribution in [3.05, 3.63) is 63.4 Å². The van der Waals surface area contributed by atoms with Crippen molar-refractivity contribution in [2.45, 2.75) is 25.2 Å². The van der Waals surface area contributed by atoms with E-state index in [0.717, 1.165) is 5.56 Å². The van der Waals surface area contributed by atoms with Gasteiger partial charge in [0.1, 0.15) is 10.7 Å². The van der Waals surface area contributed by atoms with Crippen LogP contribution in [0.15, 0.2) is 41.3 Å². The number of sulfonamides is 1. The summed E-state index contributed by atoms with van der Waals surface area (Å²) in [6.07, 6.45) is 0.484. The molecule has 5 nitrogen and oxygen atoms in total. The van der Waals surface area contributed by atoms with E-state index in [9.17, 15) is 17.6 Å². The highest BCUT2D eigenvalue weighted by molar-refractivity contribution is 7.89. The van der Waals surface area contributed by atoms with Crippen molar-refractivity contribution in [2.75, 3.05) is 13.1 Å². The summed E-state index contributed by atoms with van der Waals surface area (Å²) in [5.74, 6) is -0.750. The quantitative estimate of drug-likeness (QED) is 0.642. The molecule has 0 saturated carbocycles. The molecule has 0 aromatic heterocycles. The van der Waals surface area contributed by atoms with Gasteiger partial charge >= 0.3 is 0 Å². The van der Waals surface area contributed by atoms with E-state index in [-0.39, 0.29) is 45.3 Å². The van der Waals surface area contributed by atoms with Crippen LogP contribution >= 0.6 is 23.2 Å². The maximum Gasteiger partial charge on any atom is 0.252 e. The van der Waals surface area contributed by atoms with Gasteiger partial charge in [0, 0.05) is 13.1 Å². The molecule has 0 radical (unpaired) electrons. The van der Waals surface area contributed by atoms with E-state index in [1.165, 1.54) is 24.3 Å². The highest BCUT2D eigenvalue weighted by atomic mass is 35.5. The van der Waals surface area contributed by atoms with Crippen molar-refractivity contribution in [1.29, 1.82) is 0 Å². The fraction of sp³-hybridized carbons (Fsp3) is 0.316. The molecule has 2 aromatic carbocycles. The summed E-state index contributed by atoms with van der Waals surface area (Å²) < 4.78 is 40.3. The Morgan fingerprint density at radius 2 is 1.75 bits per heavy atom. The Morgan fingerprint density at radius 1 is 1.11 bits per heavy atom. The lowest BCUT2D eigenvalue weighted by Crippen LogP contribution is -2.29. The number of amides is 1. The number of carbonyl (C=O) groups excluding carboxylic acids is 1. The zero-order valence-electron chi connectivity index (χ0n) is 15.4. The molecule has 0 unspecified atom stereocenters. The van der Waals surface area contributed by atoms with E-state index in [0.29, 0.717) is 6.42 Å². The second kappa shape index (κ2) is 9.69. The topological polar surface area (TPSA) is 75.3 Å². The number of benzene rings is 2. The van der Waals surface area contributed by atoms with E-state index in [1.54, 1.807) is 12.1 Å². The molecule has 2 aromatic rings. The second-order valence-corrected chi connectivity index (χ2v) is 9.19. The lowest BCUT2D eigenvalue weighted by Gasteiger charge is -2.13. The average molecular weight is 447 g/mol. The summed E-state index contributed by atoms with van der Waals surface area (Å²) in [5.41, 5.74) is 0.861. The maximum absolute atomic E-state index is 12.9.